The minimum absolute atomic E-state index is 0.173. The molecule has 0 unspecified atom stereocenters. The van der Waals surface area contributed by atoms with Gasteiger partial charge in [0.2, 0.25) is 0 Å². The predicted molar refractivity (Wildman–Crippen MR) is 97.1 cm³/mol. The minimum atomic E-state index is -1.02. The van der Waals surface area contributed by atoms with E-state index < -0.39 is 12.0 Å². The van der Waals surface area contributed by atoms with Crippen molar-refractivity contribution in [3.8, 4) is 0 Å². The molecule has 2 atom stereocenters. The standard InChI is InChI=1S/C17H19NO3S2/c1-4-11(3)14(16(20)21)18-15(19)13(23-17(18)22)9-12-7-5-6-10(2)8-12/h5-9,11,14H,4H2,1-3H3,(H,20,21)/b13-9-/t11-,14-/m1/s1. The first-order chi connectivity index (χ1) is 10.8. The number of hydrogen-bond donors (Lipinski definition) is 1. The number of carboxylic acid groups (broad SMARTS) is 1. The summed E-state index contributed by atoms with van der Waals surface area (Å²) in [4.78, 5) is 26.0. The van der Waals surface area contributed by atoms with Crippen LogP contribution in [0.4, 0.5) is 0 Å². The molecule has 1 aliphatic rings. The number of benzene rings is 1. The third-order valence-corrected chi connectivity index (χ3v) is 5.21. The maximum Gasteiger partial charge on any atom is 0.327 e. The van der Waals surface area contributed by atoms with E-state index in [0.29, 0.717) is 15.6 Å². The third-order valence-electron chi connectivity index (χ3n) is 3.88. The highest BCUT2D eigenvalue weighted by atomic mass is 32.2. The second-order valence-corrected chi connectivity index (χ2v) is 7.31. The molecule has 6 heteroatoms. The number of amides is 1. The number of carbonyl (C=O) groups excluding carboxylic acids is 1. The number of thiocarbonyl (C=S) groups is 1. The summed E-state index contributed by atoms with van der Waals surface area (Å²) in [6.45, 7) is 5.70. The molecule has 23 heavy (non-hydrogen) atoms. The molecule has 0 spiro atoms. The highest BCUT2D eigenvalue weighted by Gasteiger charge is 2.42. The van der Waals surface area contributed by atoms with Crippen LogP contribution >= 0.6 is 24.0 Å². The van der Waals surface area contributed by atoms with Gasteiger partial charge in [0.05, 0.1) is 4.91 Å². The van der Waals surface area contributed by atoms with Gasteiger partial charge in [0.25, 0.3) is 5.91 Å². The lowest BCUT2D eigenvalue weighted by Crippen LogP contribution is -2.47. The van der Waals surface area contributed by atoms with E-state index in [1.807, 2.05) is 45.0 Å². The Bertz CT molecular complexity index is 684. The van der Waals surface area contributed by atoms with E-state index in [4.69, 9.17) is 12.2 Å². The summed E-state index contributed by atoms with van der Waals surface area (Å²) in [6.07, 6.45) is 2.42. The monoisotopic (exact) mass is 349 g/mol. The second-order valence-electron chi connectivity index (χ2n) is 5.63. The van der Waals surface area contributed by atoms with Crippen LogP contribution in [0.1, 0.15) is 31.4 Å². The fourth-order valence-corrected chi connectivity index (χ4v) is 3.79. The average Bonchev–Trinajstić information content (AvgIpc) is 2.75. The number of rotatable bonds is 5. The minimum Gasteiger partial charge on any atom is -0.480 e. The molecule has 1 heterocycles. The zero-order chi connectivity index (χ0) is 17.1. The van der Waals surface area contributed by atoms with E-state index in [1.54, 1.807) is 6.08 Å². The lowest BCUT2D eigenvalue weighted by Gasteiger charge is -2.27. The van der Waals surface area contributed by atoms with E-state index >= 15 is 0 Å². The van der Waals surface area contributed by atoms with Crippen LogP contribution in [0, 0.1) is 12.8 Å². The lowest BCUT2D eigenvalue weighted by atomic mass is 9.98. The molecule has 1 aliphatic heterocycles. The van der Waals surface area contributed by atoms with E-state index in [1.165, 1.54) is 4.90 Å². The molecular weight excluding hydrogens is 330 g/mol. The number of aryl methyl sites for hydroxylation is 1. The van der Waals surface area contributed by atoms with Crippen LogP contribution in [0.25, 0.3) is 6.08 Å². The molecule has 0 bridgehead atoms. The molecule has 122 valence electrons. The van der Waals surface area contributed by atoms with Crippen molar-refractivity contribution in [2.75, 3.05) is 0 Å². The van der Waals surface area contributed by atoms with Gasteiger partial charge in [-0.3, -0.25) is 9.69 Å². The number of nitrogens with zero attached hydrogens (tertiary/aromatic N) is 1. The van der Waals surface area contributed by atoms with Gasteiger partial charge in [0, 0.05) is 0 Å². The lowest BCUT2D eigenvalue weighted by molar-refractivity contribution is -0.147. The summed E-state index contributed by atoms with van der Waals surface area (Å²) in [5, 5.41) is 9.50. The Labute approximate surface area is 145 Å². The fourth-order valence-electron chi connectivity index (χ4n) is 2.46. The molecule has 4 nitrogen and oxygen atoms in total. The van der Waals surface area contributed by atoms with E-state index in [0.717, 1.165) is 22.9 Å². The van der Waals surface area contributed by atoms with Crippen molar-refractivity contribution >= 4 is 46.3 Å². The van der Waals surface area contributed by atoms with Crippen LogP contribution in [0.15, 0.2) is 29.2 Å². The number of hydrogen-bond acceptors (Lipinski definition) is 4. The Kier molecular flexibility index (Phi) is 5.59. The van der Waals surface area contributed by atoms with Crippen molar-refractivity contribution in [1.82, 2.24) is 4.90 Å². The number of thioether (sulfide) groups is 1. The molecule has 2 rings (SSSR count). The summed E-state index contributed by atoms with van der Waals surface area (Å²) in [5.74, 6) is -1.52. The largest absolute Gasteiger partial charge is 0.480 e. The smallest absolute Gasteiger partial charge is 0.327 e. The molecule has 1 saturated heterocycles. The Morgan fingerprint density at radius 3 is 2.74 bits per heavy atom. The summed E-state index contributed by atoms with van der Waals surface area (Å²) >= 11 is 6.42. The first kappa shape index (κ1) is 17.7. The van der Waals surface area contributed by atoms with Crippen LogP contribution in [-0.4, -0.2) is 32.2 Å². The molecule has 1 fully saturated rings. The summed E-state index contributed by atoms with van der Waals surface area (Å²) < 4.78 is 0.307. The van der Waals surface area contributed by atoms with Gasteiger partial charge in [-0.1, -0.05) is 74.1 Å². The maximum absolute atomic E-state index is 12.7. The van der Waals surface area contributed by atoms with Gasteiger partial charge in [0.15, 0.2) is 0 Å². The first-order valence-corrected chi connectivity index (χ1v) is 8.64. The zero-order valence-electron chi connectivity index (χ0n) is 13.3. The first-order valence-electron chi connectivity index (χ1n) is 7.41. The third kappa shape index (κ3) is 3.82. The van der Waals surface area contributed by atoms with Crippen molar-refractivity contribution < 1.29 is 14.7 Å². The summed E-state index contributed by atoms with van der Waals surface area (Å²) in [5.41, 5.74) is 2.00. The normalized spacial score (nSPS) is 19.3. The average molecular weight is 349 g/mol. The fraction of sp³-hybridized carbons (Fsp3) is 0.353. The summed E-state index contributed by atoms with van der Waals surface area (Å²) in [6, 6.07) is 6.85. The molecule has 0 saturated carbocycles. The predicted octanol–water partition coefficient (Wildman–Crippen LogP) is 3.70. The molecule has 0 aliphatic carbocycles. The molecule has 0 radical (unpaired) electrons. The van der Waals surface area contributed by atoms with Gasteiger partial charge in [0.1, 0.15) is 10.4 Å². The van der Waals surface area contributed by atoms with Gasteiger partial charge < -0.3 is 5.11 Å². The Morgan fingerprint density at radius 2 is 2.17 bits per heavy atom. The van der Waals surface area contributed by atoms with E-state index in [9.17, 15) is 14.7 Å². The Balaban J connectivity index is 2.34. The number of carbonyl (C=O) groups is 2. The van der Waals surface area contributed by atoms with Crippen molar-refractivity contribution in [3.63, 3.8) is 0 Å². The topological polar surface area (TPSA) is 57.6 Å². The zero-order valence-corrected chi connectivity index (χ0v) is 14.9. The van der Waals surface area contributed by atoms with Crippen LogP contribution in [0.3, 0.4) is 0 Å². The van der Waals surface area contributed by atoms with Crippen molar-refractivity contribution in [2.45, 2.75) is 33.2 Å². The highest BCUT2D eigenvalue weighted by Crippen LogP contribution is 2.36. The summed E-state index contributed by atoms with van der Waals surface area (Å²) in [7, 11) is 0. The Morgan fingerprint density at radius 1 is 1.48 bits per heavy atom. The van der Waals surface area contributed by atoms with Gasteiger partial charge in [-0.05, 0) is 24.5 Å². The molecular formula is C17H19NO3S2. The van der Waals surface area contributed by atoms with Crippen LogP contribution in [0.5, 0.6) is 0 Å². The molecule has 1 N–H and O–H groups in total. The van der Waals surface area contributed by atoms with Crippen LogP contribution in [-0.2, 0) is 9.59 Å². The van der Waals surface area contributed by atoms with Gasteiger partial charge in [-0.2, -0.15) is 0 Å². The van der Waals surface area contributed by atoms with Gasteiger partial charge in [-0.25, -0.2) is 4.79 Å². The molecule has 0 aromatic heterocycles. The SMILES string of the molecule is CC[C@@H](C)[C@H](C(=O)O)N1C(=O)/C(=C/c2cccc(C)c2)SC1=S. The van der Waals surface area contributed by atoms with Crippen molar-refractivity contribution in [1.29, 1.82) is 0 Å². The number of aliphatic carboxylic acids is 1. The van der Waals surface area contributed by atoms with Gasteiger partial charge in [-0.15, -0.1) is 0 Å². The maximum atomic E-state index is 12.7. The molecule has 1 aromatic carbocycles. The van der Waals surface area contributed by atoms with Gasteiger partial charge >= 0.3 is 5.97 Å². The van der Waals surface area contributed by atoms with E-state index in [-0.39, 0.29) is 11.8 Å². The second kappa shape index (κ2) is 7.27. The van der Waals surface area contributed by atoms with Crippen LogP contribution < -0.4 is 0 Å². The van der Waals surface area contributed by atoms with Crippen LogP contribution in [0.2, 0.25) is 0 Å². The van der Waals surface area contributed by atoms with Crippen molar-refractivity contribution in [3.05, 3.63) is 40.3 Å². The molecule has 1 aromatic rings. The Hall–Kier alpha value is -1.66. The molecule has 1 amide bonds. The highest BCUT2D eigenvalue weighted by molar-refractivity contribution is 8.26. The quantitative estimate of drug-likeness (QED) is 0.649. The number of carboxylic acids is 1. The van der Waals surface area contributed by atoms with E-state index in [2.05, 4.69) is 0 Å². The van der Waals surface area contributed by atoms with Crippen molar-refractivity contribution in [2.24, 2.45) is 5.92 Å².